The van der Waals surface area contributed by atoms with E-state index in [2.05, 4.69) is 35.5 Å². The number of rotatable bonds is 3. The van der Waals surface area contributed by atoms with Gasteiger partial charge in [0.2, 0.25) is 5.91 Å². The van der Waals surface area contributed by atoms with E-state index in [4.69, 9.17) is 11.6 Å². The van der Waals surface area contributed by atoms with E-state index in [0.29, 0.717) is 5.02 Å². The predicted octanol–water partition coefficient (Wildman–Crippen LogP) is 3.98. The molecule has 1 aliphatic heterocycles. The van der Waals surface area contributed by atoms with Crippen molar-refractivity contribution in [3.63, 3.8) is 0 Å². The molecule has 1 heterocycles. The van der Waals surface area contributed by atoms with Crippen LogP contribution < -0.4 is 5.32 Å². The molecule has 1 N–H and O–H groups in total. The smallest absolute Gasteiger partial charge is 0.248 e. The van der Waals surface area contributed by atoms with Crippen LogP contribution in [-0.4, -0.2) is 24.4 Å². The SMILES string of the molecule is CN1CCc2ccc(/C=C/C(=O)Nc3ccc(Cl)cc3)cc2C1. The fourth-order valence-electron chi connectivity index (χ4n) is 2.71. The van der Waals surface area contributed by atoms with Gasteiger partial charge in [-0.2, -0.15) is 0 Å². The summed E-state index contributed by atoms with van der Waals surface area (Å²) in [4.78, 5) is 14.3. The lowest BCUT2D eigenvalue weighted by Crippen LogP contribution is -2.26. The van der Waals surface area contributed by atoms with E-state index < -0.39 is 0 Å². The van der Waals surface area contributed by atoms with Crippen LogP contribution in [0.5, 0.6) is 0 Å². The first-order valence-electron chi connectivity index (χ1n) is 7.65. The minimum Gasteiger partial charge on any atom is -0.323 e. The van der Waals surface area contributed by atoms with Crippen LogP contribution in [0.1, 0.15) is 16.7 Å². The number of nitrogens with one attached hydrogen (secondary N) is 1. The molecule has 0 unspecified atom stereocenters. The minimum absolute atomic E-state index is 0.151. The number of likely N-dealkylation sites (N-methyl/N-ethyl adjacent to an activating group) is 1. The third-order valence-corrected chi connectivity index (χ3v) is 4.22. The Hall–Kier alpha value is -2.10. The third kappa shape index (κ3) is 4.21. The molecule has 1 amide bonds. The summed E-state index contributed by atoms with van der Waals surface area (Å²) >= 11 is 5.83. The molecule has 118 valence electrons. The molecule has 0 saturated carbocycles. The highest BCUT2D eigenvalue weighted by Gasteiger charge is 2.12. The highest BCUT2D eigenvalue weighted by molar-refractivity contribution is 6.30. The standard InChI is InChI=1S/C19H19ClN2O/c1-22-11-10-15-4-2-14(12-16(15)13-22)3-9-19(23)21-18-7-5-17(20)6-8-18/h2-9,12H,10-11,13H2,1H3,(H,21,23)/b9-3+. The maximum Gasteiger partial charge on any atom is 0.248 e. The van der Waals surface area contributed by atoms with Crippen LogP contribution in [0.2, 0.25) is 5.02 Å². The predicted molar refractivity (Wildman–Crippen MR) is 95.6 cm³/mol. The number of halogens is 1. The first-order chi connectivity index (χ1) is 11.1. The van der Waals surface area contributed by atoms with Crippen molar-refractivity contribution in [2.45, 2.75) is 13.0 Å². The summed E-state index contributed by atoms with van der Waals surface area (Å²) < 4.78 is 0. The van der Waals surface area contributed by atoms with Gasteiger partial charge >= 0.3 is 0 Å². The second kappa shape index (κ2) is 6.99. The molecule has 3 rings (SSSR count). The van der Waals surface area contributed by atoms with Crippen molar-refractivity contribution in [3.05, 3.63) is 70.3 Å². The number of benzene rings is 2. The van der Waals surface area contributed by atoms with Crippen LogP contribution >= 0.6 is 11.6 Å². The van der Waals surface area contributed by atoms with Crippen molar-refractivity contribution < 1.29 is 4.79 Å². The van der Waals surface area contributed by atoms with E-state index >= 15 is 0 Å². The summed E-state index contributed by atoms with van der Waals surface area (Å²) in [5, 5.41) is 3.47. The summed E-state index contributed by atoms with van der Waals surface area (Å²) in [6, 6.07) is 13.5. The second-order valence-corrected chi connectivity index (χ2v) is 6.28. The van der Waals surface area contributed by atoms with Crippen molar-refractivity contribution in [1.29, 1.82) is 0 Å². The van der Waals surface area contributed by atoms with Gasteiger partial charge in [0.05, 0.1) is 0 Å². The summed E-state index contributed by atoms with van der Waals surface area (Å²) in [5.74, 6) is -0.151. The molecule has 23 heavy (non-hydrogen) atoms. The molecule has 0 spiro atoms. The minimum atomic E-state index is -0.151. The molecule has 0 fully saturated rings. The van der Waals surface area contributed by atoms with Crippen LogP contribution in [0.25, 0.3) is 6.08 Å². The van der Waals surface area contributed by atoms with Crippen LogP contribution in [0.4, 0.5) is 5.69 Å². The molecule has 1 aliphatic rings. The number of nitrogens with zero attached hydrogens (tertiary/aromatic N) is 1. The number of carbonyl (C=O) groups excluding carboxylic acids is 1. The Kier molecular flexibility index (Phi) is 4.79. The fraction of sp³-hybridized carbons (Fsp3) is 0.211. The zero-order valence-electron chi connectivity index (χ0n) is 13.1. The molecule has 4 heteroatoms. The van der Waals surface area contributed by atoms with Crippen molar-refractivity contribution in [1.82, 2.24) is 4.90 Å². The average molecular weight is 327 g/mol. The van der Waals surface area contributed by atoms with Crippen LogP contribution in [0.3, 0.4) is 0 Å². The molecule has 0 aromatic heterocycles. The quantitative estimate of drug-likeness (QED) is 0.865. The summed E-state index contributed by atoms with van der Waals surface area (Å²) in [6.45, 7) is 2.07. The van der Waals surface area contributed by atoms with E-state index in [0.717, 1.165) is 30.8 Å². The molecule has 0 saturated heterocycles. The van der Waals surface area contributed by atoms with Gasteiger partial charge in [-0.05, 0) is 60.5 Å². The Morgan fingerprint density at radius 1 is 1.17 bits per heavy atom. The highest BCUT2D eigenvalue weighted by Crippen LogP contribution is 2.20. The Bertz CT molecular complexity index is 738. The lowest BCUT2D eigenvalue weighted by Gasteiger charge is -2.25. The lowest BCUT2D eigenvalue weighted by molar-refractivity contribution is -0.111. The van der Waals surface area contributed by atoms with Gasteiger partial charge in [-0.25, -0.2) is 0 Å². The van der Waals surface area contributed by atoms with Crippen LogP contribution in [-0.2, 0) is 17.8 Å². The van der Waals surface area contributed by atoms with Gasteiger partial charge in [-0.3, -0.25) is 4.79 Å². The molecule has 0 radical (unpaired) electrons. The van der Waals surface area contributed by atoms with Crippen molar-refractivity contribution in [2.75, 3.05) is 18.9 Å². The lowest BCUT2D eigenvalue weighted by atomic mass is 9.97. The zero-order chi connectivity index (χ0) is 16.2. The second-order valence-electron chi connectivity index (χ2n) is 5.85. The van der Waals surface area contributed by atoms with Gasteiger partial charge in [0.1, 0.15) is 0 Å². The molecule has 2 aromatic rings. The summed E-state index contributed by atoms with van der Waals surface area (Å²) in [6.07, 6.45) is 4.50. The van der Waals surface area contributed by atoms with E-state index in [-0.39, 0.29) is 5.91 Å². The largest absolute Gasteiger partial charge is 0.323 e. The maximum atomic E-state index is 12.0. The normalized spacial score (nSPS) is 14.7. The number of hydrogen-bond donors (Lipinski definition) is 1. The Balaban J connectivity index is 1.66. The van der Waals surface area contributed by atoms with Gasteiger partial charge in [0.15, 0.2) is 0 Å². The van der Waals surface area contributed by atoms with Gasteiger partial charge in [0.25, 0.3) is 0 Å². The fourth-order valence-corrected chi connectivity index (χ4v) is 2.84. The van der Waals surface area contributed by atoms with Crippen LogP contribution in [0, 0.1) is 0 Å². The first kappa shape index (κ1) is 15.8. The molecule has 2 aromatic carbocycles. The molecule has 0 atom stereocenters. The molecule has 3 nitrogen and oxygen atoms in total. The monoisotopic (exact) mass is 326 g/mol. The van der Waals surface area contributed by atoms with E-state index in [1.807, 2.05) is 6.08 Å². The van der Waals surface area contributed by atoms with E-state index in [1.165, 1.54) is 11.1 Å². The van der Waals surface area contributed by atoms with Gasteiger partial charge < -0.3 is 10.2 Å². The number of amides is 1. The van der Waals surface area contributed by atoms with Gasteiger partial charge in [0, 0.05) is 29.9 Å². The van der Waals surface area contributed by atoms with Gasteiger partial charge in [-0.15, -0.1) is 0 Å². The molecule has 0 bridgehead atoms. The zero-order valence-corrected chi connectivity index (χ0v) is 13.8. The Labute approximate surface area is 141 Å². The number of hydrogen-bond acceptors (Lipinski definition) is 2. The third-order valence-electron chi connectivity index (χ3n) is 3.97. The van der Waals surface area contributed by atoms with E-state index in [1.54, 1.807) is 30.3 Å². The van der Waals surface area contributed by atoms with Crippen LogP contribution in [0.15, 0.2) is 48.5 Å². The topological polar surface area (TPSA) is 32.3 Å². The summed E-state index contributed by atoms with van der Waals surface area (Å²) in [5.41, 5.74) is 4.53. The average Bonchev–Trinajstić information content (AvgIpc) is 2.54. The Morgan fingerprint density at radius 2 is 1.96 bits per heavy atom. The summed E-state index contributed by atoms with van der Waals surface area (Å²) in [7, 11) is 2.13. The number of carbonyl (C=O) groups is 1. The molecular formula is C19H19ClN2O. The van der Waals surface area contributed by atoms with Gasteiger partial charge in [-0.1, -0.05) is 29.8 Å². The molecule has 0 aliphatic carbocycles. The number of fused-ring (bicyclic) bond motifs is 1. The number of anilines is 1. The van der Waals surface area contributed by atoms with E-state index in [9.17, 15) is 4.79 Å². The maximum absolute atomic E-state index is 12.0. The highest BCUT2D eigenvalue weighted by atomic mass is 35.5. The van der Waals surface area contributed by atoms with Crippen molar-refractivity contribution in [3.8, 4) is 0 Å². The molecular weight excluding hydrogens is 308 g/mol. The van der Waals surface area contributed by atoms with Crippen molar-refractivity contribution in [2.24, 2.45) is 0 Å². The first-order valence-corrected chi connectivity index (χ1v) is 8.03. The van der Waals surface area contributed by atoms with Crippen molar-refractivity contribution >= 4 is 29.3 Å². The Morgan fingerprint density at radius 3 is 2.74 bits per heavy atom.